The van der Waals surface area contributed by atoms with Crippen LogP contribution >= 0.6 is 22.6 Å². The maximum Gasteiger partial charge on any atom is 0.302 e. The number of para-hydroxylation sites is 1. The Balaban J connectivity index is 2.88. The van der Waals surface area contributed by atoms with Crippen LogP contribution in [0, 0.1) is 21.3 Å². The van der Waals surface area contributed by atoms with Gasteiger partial charge in [-0.15, -0.1) is 0 Å². The number of hydrogen-bond acceptors (Lipinski definition) is 1. The van der Waals surface area contributed by atoms with E-state index >= 15 is 0 Å². The third kappa shape index (κ3) is 3.53. The zero-order chi connectivity index (χ0) is 12.1. The molecule has 3 heteroatoms. The number of nitrogens with zero attached hydrogens (tertiary/aromatic N) is 1. The van der Waals surface area contributed by atoms with Crippen molar-refractivity contribution in [2.75, 3.05) is 11.9 Å². The average Bonchev–Trinajstić information content (AvgIpc) is 2.25. The van der Waals surface area contributed by atoms with Crippen molar-refractivity contribution in [3.8, 4) is 11.8 Å². The van der Waals surface area contributed by atoms with Crippen LogP contribution in [0.3, 0.4) is 0 Å². The lowest BCUT2D eigenvalue weighted by Crippen LogP contribution is -2.25. The summed E-state index contributed by atoms with van der Waals surface area (Å²) < 4.78 is 1.04. The number of anilines is 1. The van der Waals surface area contributed by atoms with Crippen LogP contribution in [0.1, 0.15) is 13.8 Å². The molecule has 0 heterocycles. The highest BCUT2D eigenvalue weighted by Gasteiger charge is 2.10. The van der Waals surface area contributed by atoms with E-state index < -0.39 is 0 Å². The van der Waals surface area contributed by atoms with Crippen LogP contribution in [0.2, 0.25) is 0 Å². The van der Waals surface area contributed by atoms with Gasteiger partial charge in [-0.25, -0.2) is 0 Å². The second-order valence-corrected chi connectivity index (χ2v) is 4.90. The fraction of sp³-hybridized carbons (Fsp3) is 0.308. The number of amides is 1. The maximum atomic E-state index is 11.7. The minimum atomic E-state index is -0.169. The Hall–Kier alpha value is -1.02. The van der Waals surface area contributed by atoms with E-state index in [4.69, 9.17) is 0 Å². The van der Waals surface area contributed by atoms with Crippen LogP contribution in [0.4, 0.5) is 5.69 Å². The van der Waals surface area contributed by atoms with Gasteiger partial charge in [-0.05, 0) is 40.6 Å². The van der Waals surface area contributed by atoms with Gasteiger partial charge in [0.15, 0.2) is 0 Å². The molecule has 0 saturated carbocycles. The summed E-state index contributed by atoms with van der Waals surface area (Å²) in [6.45, 7) is 3.93. The van der Waals surface area contributed by atoms with Gasteiger partial charge in [0.25, 0.3) is 0 Å². The maximum absolute atomic E-state index is 11.7. The van der Waals surface area contributed by atoms with Gasteiger partial charge in [0.05, 0.1) is 5.69 Å². The van der Waals surface area contributed by atoms with Crippen molar-refractivity contribution in [1.82, 2.24) is 0 Å². The molecule has 0 N–H and O–H groups in total. The summed E-state index contributed by atoms with van der Waals surface area (Å²) in [6, 6.07) is 7.74. The van der Waals surface area contributed by atoms with Crippen molar-refractivity contribution in [3.63, 3.8) is 0 Å². The molecule has 2 nitrogen and oxygen atoms in total. The molecule has 1 aromatic carbocycles. The number of halogens is 1. The van der Waals surface area contributed by atoms with Crippen LogP contribution < -0.4 is 4.90 Å². The Labute approximate surface area is 110 Å². The topological polar surface area (TPSA) is 20.3 Å². The Bertz CT molecular complexity index is 443. The summed E-state index contributed by atoms with van der Waals surface area (Å²) >= 11 is 2.21. The van der Waals surface area contributed by atoms with Crippen LogP contribution in [-0.2, 0) is 4.79 Å². The van der Waals surface area contributed by atoms with Crippen molar-refractivity contribution in [1.29, 1.82) is 0 Å². The van der Waals surface area contributed by atoms with Crippen LogP contribution in [0.25, 0.3) is 0 Å². The van der Waals surface area contributed by atoms with Gasteiger partial charge in [0.1, 0.15) is 0 Å². The largest absolute Gasteiger partial charge is 0.304 e. The standard InChI is InChI=1S/C13H14INO/c1-10(2)8-9-13(16)15(3)12-7-5-4-6-11(12)14/h4-7,10H,1-3H3. The second kappa shape index (κ2) is 5.90. The lowest BCUT2D eigenvalue weighted by atomic mass is 10.2. The highest BCUT2D eigenvalue weighted by molar-refractivity contribution is 14.1. The van der Waals surface area contributed by atoms with Gasteiger partial charge in [-0.2, -0.15) is 0 Å². The van der Waals surface area contributed by atoms with Crippen LogP contribution in [0.15, 0.2) is 24.3 Å². The third-order valence-corrected chi connectivity index (χ3v) is 2.90. The molecule has 0 aliphatic heterocycles. The summed E-state index contributed by atoms with van der Waals surface area (Å²) in [6.07, 6.45) is 0. The van der Waals surface area contributed by atoms with Gasteiger partial charge < -0.3 is 4.90 Å². The molecule has 1 aromatic rings. The first-order valence-corrected chi connectivity index (χ1v) is 6.14. The summed E-state index contributed by atoms with van der Waals surface area (Å²) in [5.41, 5.74) is 0.895. The highest BCUT2D eigenvalue weighted by atomic mass is 127. The van der Waals surface area contributed by atoms with Gasteiger partial charge in [-0.3, -0.25) is 4.79 Å². The Kier molecular flexibility index (Phi) is 4.81. The Morgan fingerprint density at radius 2 is 2.00 bits per heavy atom. The van der Waals surface area contributed by atoms with E-state index in [1.54, 1.807) is 11.9 Å². The molecule has 0 atom stereocenters. The molecule has 0 saturated heterocycles. The molecule has 1 rings (SSSR count). The fourth-order valence-corrected chi connectivity index (χ4v) is 1.87. The van der Waals surface area contributed by atoms with Crippen molar-refractivity contribution < 1.29 is 4.79 Å². The Morgan fingerprint density at radius 3 is 2.56 bits per heavy atom. The number of benzene rings is 1. The lowest BCUT2D eigenvalue weighted by molar-refractivity contribution is -0.113. The molecular weight excluding hydrogens is 313 g/mol. The number of carbonyl (C=O) groups is 1. The molecular formula is C13H14INO. The highest BCUT2D eigenvalue weighted by Crippen LogP contribution is 2.20. The molecule has 1 amide bonds. The van der Waals surface area contributed by atoms with E-state index in [2.05, 4.69) is 34.4 Å². The molecule has 0 unspecified atom stereocenters. The zero-order valence-electron chi connectivity index (χ0n) is 9.62. The normalized spacial score (nSPS) is 9.56. The summed E-state index contributed by atoms with van der Waals surface area (Å²) in [5.74, 6) is 5.56. The van der Waals surface area contributed by atoms with Crippen LogP contribution in [-0.4, -0.2) is 13.0 Å². The summed E-state index contributed by atoms with van der Waals surface area (Å²) in [7, 11) is 1.74. The van der Waals surface area contributed by atoms with E-state index in [1.165, 1.54) is 0 Å². The monoisotopic (exact) mass is 327 g/mol. The van der Waals surface area contributed by atoms with Crippen molar-refractivity contribution >= 4 is 34.2 Å². The molecule has 0 bridgehead atoms. The predicted octanol–water partition coefficient (Wildman–Crippen LogP) is 2.91. The molecule has 0 aliphatic rings. The van der Waals surface area contributed by atoms with Gasteiger partial charge >= 0.3 is 5.91 Å². The van der Waals surface area contributed by atoms with E-state index in [1.807, 2.05) is 38.1 Å². The minimum Gasteiger partial charge on any atom is -0.304 e. The number of hydrogen-bond donors (Lipinski definition) is 0. The van der Waals surface area contributed by atoms with Crippen molar-refractivity contribution in [2.24, 2.45) is 5.92 Å². The minimum absolute atomic E-state index is 0.169. The van der Waals surface area contributed by atoms with E-state index in [9.17, 15) is 4.79 Å². The number of carbonyl (C=O) groups excluding carboxylic acids is 1. The second-order valence-electron chi connectivity index (χ2n) is 3.74. The summed E-state index contributed by atoms with van der Waals surface area (Å²) in [5, 5.41) is 0. The fourth-order valence-electron chi connectivity index (χ4n) is 1.12. The first-order chi connectivity index (χ1) is 7.52. The van der Waals surface area contributed by atoms with E-state index in [-0.39, 0.29) is 11.8 Å². The average molecular weight is 327 g/mol. The SMILES string of the molecule is CC(C)C#CC(=O)N(C)c1ccccc1I. The molecule has 84 valence electrons. The van der Waals surface area contributed by atoms with Crippen molar-refractivity contribution in [2.45, 2.75) is 13.8 Å². The first kappa shape index (κ1) is 13.0. The van der Waals surface area contributed by atoms with E-state index in [0.29, 0.717) is 0 Å². The van der Waals surface area contributed by atoms with Gasteiger partial charge in [0, 0.05) is 16.5 Å². The molecule has 16 heavy (non-hydrogen) atoms. The molecule has 0 aliphatic carbocycles. The molecule has 0 radical (unpaired) electrons. The summed E-state index contributed by atoms with van der Waals surface area (Å²) in [4.78, 5) is 13.3. The first-order valence-electron chi connectivity index (χ1n) is 5.06. The predicted molar refractivity (Wildman–Crippen MR) is 75.2 cm³/mol. The lowest BCUT2D eigenvalue weighted by Gasteiger charge is -2.15. The molecule has 0 aromatic heterocycles. The smallest absolute Gasteiger partial charge is 0.302 e. The van der Waals surface area contributed by atoms with Gasteiger partial charge in [-0.1, -0.05) is 31.9 Å². The van der Waals surface area contributed by atoms with E-state index in [0.717, 1.165) is 9.26 Å². The third-order valence-electron chi connectivity index (χ3n) is 1.99. The van der Waals surface area contributed by atoms with Crippen LogP contribution in [0.5, 0.6) is 0 Å². The molecule has 0 spiro atoms. The Morgan fingerprint density at radius 1 is 1.38 bits per heavy atom. The zero-order valence-corrected chi connectivity index (χ0v) is 11.8. The molecule has 0 fully saturated rings. The van der Waals surface area contributed by atoms with Crippen molar-refractivity contribution in [3.05, 3.63) is 27.8 Å². The quantitative estimate of drug-likeness (QED) is 0.574. The van der Waals surface area contributed by atoms with Gasteiger partial charge in [0.2, 0.25) is 0 Å². The number of rotatable bonds is 1.